The van der Waals surface area contributed by atoms with Crippen LogP contribution < -0.4 is 0 Å². The fraction of sp³-hybridized carbons (Fsp3) is 0.429. The lowest BCUT2D eigenvalue weighted by molar-refractivity contribution is -0.130. The highest BCUT2D eigenvalue weighted by Gasteiger charge is 2.12. The highest BCUT2D eigenvalue weighted by Crippen LogP contribution is 2.12. The van der Waals surface area contributed by atoms with Crippen LogP contribution in [0.1, 0.15) is 23.2 Å². The minimum Gasteiger partial charge on any atom is -0.383 e. The first kappa shape index (κ1) is 15.9. The van der Waals surface area contributed by atoms with Crippen molar-refractivity contribution in [3.63, 3.8) is 0 Å². The third-order valence-corrected chi connectivity index (χ3v) is 3.32. The van der Waals surface area contributed by atoms with Gasteiger partial charge in [0.2, 0.25) is 5.91 Å². The molecule has 104 valence electrons. The van der Waals surface area contributed by atoms with Crippen molar-refractivity contribution in [3.05, 3.63) is 34.3 Å². The van der Waals surface area contributed by atoms with Crippen LogP contribution in [0.3, 0.4) is 0 Å². The molecule has 1 aromatic rings. The first-order chi connectivity index (χ1) is 9.04. The maximum Gasteiger partial charge on any atom is 0.222 e. The summed E-state index contributed by atoms with van der Waals surface area (Å²) < 4.78 is 5.83. The maximum atomic E-state index is 11.9. The number of nitrogens with zero attached hydrogens (tertiary/aromatic N) is 1. The summed E-state index contributed by atoms with van der Waals surface area (Å²) in [7, 11) is 3.31. The fourth-order valence-corrected chi connectivity index (χ4v) is 1.81. The van der Waals surface area contributed by atoms with Gasteiger partial charge in [0.15, 0.2) is 5.78 Å². The van der Waals surface area contributed by atoms with Gasteiger partial charge in [-0.25, -0.2) is 0 Å². The van der Waals surface area contributed by atoms with Crippen molar-refractivity contribution >= 4 is 27.6 Å². The van der Waals surface area contributed by atoms with Gasteiger partial charge in [-0.3, -0.25) is 9.59 Å². The van der Waals surface area contributed by atoms with E-state index in [0.717, 1.165) is 4.47 Å². The van der Waals surface area contributed by atoms with Gasteiger partial charge in [-0.2, -0.15) is 0 Å². The van der Waals surface area contributed by atoms with Gasteiger partial charge in [0.05, 0.1) is 6.61 Å². The van der Waals surface area contributed by atoms with Gasteiger partial charge in [-0.1, -0.05) is 28.1 Å². The first-order valence-electron chi connectivity index (χ1n) is 6.06. The van der Waals surface area contributed by atoms with Crippen molar-refractivity contribution < 1.29 is 14.3 Å². The summed E-state index contributed by atoms with van der Waals surface area (Å²) in [5.41, 5.74) is 0.635. The van der Waals surface area contributed by atoms with Crippen LogP contribution in [-0.2, 0) is 9.53 Å². The molecule has 0 atom stereocenters. The van der Waals surface area contributed by atoms with Crippen LogP contribution in [0.25, 0.3) is 0 Å². The van der Waals surface area contributed by atoms with Crippen LogP contribution in [0.5, 0.6) is 0 Å². The lowest BCUT2D eigenvalue weighted by Crippen LogP contribution is -2.30. The number of Topliss-reactive ketones (excluding diaryl/α,β-unsaturated/α-hetero) is 1. The van der Waals surface area contributed by atoms with Crippen molar-refractivity contribution in [2.24, 2.45) is 0 Å². The number of likely N-dealkylation sites (N-methyl/N-ethyl adjacent to an activating group) is 1. The van der Waals surface area contributed by atoms with E-state index in [1.54, 1.807) is 31.2 Å². The predicted molar refractivity (Wildman–Crippen MR) is 77.2 cm³/mol. The molecular weight excluding hydrogens is 310 g/mol. The molecule has 1 rings (SSSR count). The number of benzene rings is 1. The zero-order valence-electron chi connectivity index (χ0n) is 11.2. The SMILES string of the molecule is COCCN(C)C(=O)CCC(=O)c1ccc(Br)cc1. The van der Waals surface area contributed by atoms with E-state index in [1.807, 2.05) is 12.1 Å². The highest BCUT2D eigenvalue weighted by atomic mass is 79.9. The maximum absolute atomic E-state index is 11.9. The van der Waals surface area contributed by atoms with Crippen LogP contribution in [0.4, 0.5) is 0 Å². The number of carbonyl (C=O) groups is 2. The lowest BCUT2D eigenvalue weighted by Gasteiger charge is -2.16. The van der Waals surface area contributed by atoms with Crippen molar-refractivity contribution in [3.8, 4) is 0 Å². The van der Waals surface area contributed by atoms with Crippen molar-refractivity contribution in [1.82, 2.24) is 4.90 Å². The number of halogens is 1. The van der Waals surface area contributed by atoms with E-state index in [1.165, 1.54) is 0 Å². The summed E-state index contributed by atoms with van der Waals surface area (Å²) in [6, 6.07) is 7.15. The Morgan fingerprint density at radius 2 is 1.84 bits per heavy atom. The monoisotopic (exact) mass is 327 g/mol. The Bertz CT molecular complexity index is 431. The summed E-state index contributed by atoms with van der Waals surface area (Å²) in [4.78, 5) is 25.2. The average molecular weight is 328 g/mol. The second kappa shape index (κ2) is 8.07. The number of hydrogen-bond donors (Lipinski definition) is 0. The minimum absolute atomic E-state index is 0.0130. The second-order valence-corrected chi connectivity index (χ2v) is 5.15. The number of methoxy groups -OCH3 is 1. The normalized spacial score (nSPS) is 10.3. The topological polar surface area (TPSA) is 46.6 Å². The standard InChI is InChI=1S/C14H18BrNO3/c1-16(9-10-19-2)14(18)8-7-13(17)11-3-5-12(15)6-4-11/h3-6H,7-10H2,1-2H3. The number of hydrogen-bond acceptors (Lipinski definition) is 3. The van der Waals surface area contributed by atoms with Crippen LogP contribution in [0, 0.1) is 0 Å². The molecule has 19 heavy (non-hydrogen) atoms. The van der Waals surface area contributed by atoms with Crippen LogP contribution in [0.15, 0.2) is 28.7 Å². The number of carbonyl (C=O) groups excluding carboxylic acids is 2. The van der Waals surface area contributed by atoms with E-state index in [9.17, 15) is 9.59 Å². The van der Waals surface area contributed by atoms with Gasteiger partial charge in [0.1, 0.15) is 0 Å². The van der Waals surface area contributed by atoms with Crippen molar-refractivity contribution in [2.75, 3.05) is 27.3 Å². The Morgan fingerprint density at radius 3 is 2.42 bits per heavy atom. The summed E-state index contributed by atoms with van der Waals surface area (Å²) in [6.45, 7) is 1.05. The lowest BCUT2D eigenvalue weighted by atomic mass is 10.1. The molecule has 0 aliphatic carbocycles. The molecule has 1 amide bonds. The highest BCUT2D eigenvalue weighted by molar-refractivity contribution is 9.10. The van der Waals surface area contributed by atoms with E-state index < -0.39 is 0 Å². The molecule has 0 saturated carbocycles. The van der Waals surface area contributed by atoms with Gasteiger partial charge in [0, 0.05) is 43.6 Å². The largest absolute Gasteiger partial charge is 0.383 e. The van der Waals surface area contributed by atoms with E-state index in [4.69, 9.17) is 4.74 Å². The molecular formula is C14H18BrNO3. The number of amides is 1. The number of ether oxygens (including phenoxy) is 1. The summed E-state index contributed by atoms with van der Waals surface area (Å²) in [5.74, 6) is -0.0523. The van der Waals surface area contributed by atoms with Crippen LogP contribution in [-0.4, -0.2) is 43.9 Å². The van der Waals surface area contributed by atoms with Crippen molar-refractivity contribution in [1.29, 1.82) is 0 Å². The molecule has 4 nitrogen and oxygen atoms in total. The van der Waals surface area contributed by atoms with E-state index in [0.29, 0.717) is 18.7 Å². The molecule has 0 unspecified atom stereocenters. The summed E-state index contributed by atoms with van der Waals surface area (Å²) in [5, 5.41) is 0. The zero-order valence-corrected chi connectivity index (χ0v) is 12.8. The molecule has 0 bridgehead atoms. The Morgan fingerprint density at radius 1 is 1.21 bits per heavy atom. The summed E-state index contributed by atoms with van der Waals surface area (Å²) in [6.07, 6.45) is 0.465. The first-order valence-corrected chi connectivity index (χ1v) is 6.85. The molecule has 0 aromatic heterocycles. The van der Waals surface area contributed by atoms with Crippen LogP contribution >= 0.6 is 15.9 Å². The van der Waals surface area contributed by atoms with Crippen LogP contribution in [0.2, 0.25) is 0 Å². The van der Waals surface area contributed by atoms with Gasteiger partial charge in [-0.15, -0.1) is 0 Å². The molecule has 0 aliphatic rings. The molecule has 1 aromatic carbocycles. The van der Waals surface area contributed by atoms with E-state index in [2.05, 4.69) is 15.9 Å². The Hall–Kier alpha value is -1.20. The molecule has 0 heterocycles. The molecule has 0 fully saturated rings. The smallest absolute Gasteiger partial charge is 0.222 e. The van der Waals surface area contributed by atoms with Gasteiger partial charge in [-0.05, 0) is 12.1 Å². The van der Waals surface area contributed by atoms with E-state index >= 15 is 0 Å². The zero-order chi connectivity index (χ0) is 14.3. The molecule has 0 radical (unpaired) electrons. The summed E-state index contributed by atoms with van der Waals surface area (Å²) >= 11 is 3.32. The van der Waals surface area contributed by atoms with Gasteiger partial charge in [0.25, 0.3) is 0 Å². The Balaban J connectivity index is 2.41. The van der Waals surface area contributed by atoms with Gasteiger partial charge < -0.3 is 9.64 Å². The molecule has 5 heteroatoms. The molecule has 0 N–H and O–H groups in total. The number of rotatable bonds is 7. The van der Waals surface area contributed by atoms with Crippen molar-refractivity contribution in [2.45, 2.75) is 12.8 Å². The van der Waals surface area contributed by atoms with E-state index in [-0.39, 0.29) is 24.5 Å². The second-order valence-electron chi connectivity index (χ2n) is 4.24. The minimum atomic E-state index is -0.0393. The Kier molecular flexibility index (Phi) is 6.73. The Labute approximate surface area is 121 Å². The predicted octanol–water partition coefficient (Wildman–Crippen LogP) is 2.52. The fourth-order valence-electron chi connectivity index (χ4n) is 1.54. The van der Waals surface area contributed by atoms with Gasteiger partial charge >= 0.3 is 0 Å². The third-order valence-electron chi connectivity index (χ3n) is 2.79. The third kappa shape index (κ3) is 5.53. The average Bonchev–Trinajstić information content (AvgIpc) is 2.42. The number of ketones is 1. The molecule has 0 saturated heterocycles. The quantitative estimate of drug-likeness (QED) is 0.723. The molecule has 0 spiro atoms. The molecule has 0 aliphatic heterocycles.